The molecule has 1 fully saturated rings. The van der Waals surface area contributed by atoms with Gasteiger partial charge in [0.05, 0.1) is 0 Å². The first-order chi connectivity index (χ1) is 12.0. The molecule has 0 atom stereocenters. The molecule has 0 radical (unpaired) electrons. The molecule has 1 aromatic carbocycles. The van der Waals surface area contributed by atoms with E-state index in [0.717, 1.165) is 55.4 Å². The van der Waals surface area contributed by atoms with Crippen LogP contribution in [-0.2, 0) is 6.54 Å². The Morgan fingerprint density at radius 1 is 1.04 bits per heavy atom. The second-order valence-electron chi connectivity index (χ2n) is 6.86. The first-order valence-electron chi connectivity index (χ1n) is 8.82. The van der Waals surface area contributed by atoms with Crippen molar-refractivity contribution in [2.45, 2.75) is 34.2 Å². The van der Waals surface area contributed by atoms with Gasteiger partial charge in [-0.3, -0.25) is 9.69 Å². The van der Waals surface area contributed by atoms with Crippen LogP contribution in [0.25, 0.3) is 0 Å². The lowest BCUT2D eigenvalue weighted by molar-refractivity contribution is 0.101. The van der Waals surface area contributed by atoms with Crippen LogP contribution in [0.2, 0.25) is 0 Å². The standard InChI is InChI=1S/C20H26N4O/c1-14-12-15(2)19(17(4)25)16(3)18(14)13-23-8-10-24(11-9-23)20-21-6-5-7-22-20/h5-7,12H,8-11,13H2,1-4H3. The quantitative estimate of drug-likeness (QED) is 0.802. The van der Waals surface area contributed by atoms with Crippen molar-refractivity contribution >= 4 is 11.7 Å². The van der Waals surface area contributed by atoms with Gasteiger partial charge in [0.15, 0.2) is 5.78 Å². The highest BCUT2D eigenvalue weighted by Gasteiger charge is 2.21. The van der Waals surface area contributed by atoms with E-state index in [-0.39, 0.29) is 5.78 Å². The number of benzene rings is 1. The highest BCUT2D eigenvalue weighted by Crippen LogP contribution is 2.25. The van der Waals surface area contributed by atoms with Crippen LogP contribution < -0.4 is 4.90 Å². The summed E-state index contributed by atoms with van der Waals surface area (Å²) in [7, 11) is 0. The van der Waals surface area contributed by atoms with E-state index in [4.69, 9.17) is 0 Å². The van der Waals surface area contributed by atoms with Gasteiger partial charge < -0.3 is 4.90 Å². The Morgan fingerprint density at radius 3 is 2.28 bits per heavy atom. The van der Waals surface area contributed by atoms with Crippen LogP contribution in [0.3, 0.4) is 0 Å². The van der Waals surface area contributed by atoms with E-state index >= 15 is 0 Å². The first kappa shape index (κ1) is 17.5. The largest absolute Gasteiger partial charge is 0.338 e. The number of carbonyl (C=O) groups excluding carboxylic acids is 1. The summed E-state index contributed by atoms with van der Waals surface area (Å²) in [5.41, 5.74) is 5.67. The van der Waals surface area contributed by atoms with Crippen LogP contribution in [0.15, 0.2) is 24.5 Å². The van der Waals surface area contributed by atoms with E-state index in [1.807, 2.05) is 13.0 Å². The van der Waals surface area contributed by atoms with Crippen LogP contribution in [0.5, 0.6) is 0 Å². The van der Waals surface area contributed by atoms with Crippen LogP contribution in [0.1, 0.15) is 39.5 Å². The van der Waals surface area contributed by atoms with E-state index in [1.54, 1.807) is 19.3 Å². The maximum atomic E-state index is 12.0. The smallest absolute Gasteiger partial charge is 0.225 e. The molecule has 3 rings (SSSR count). The third kappa shape index (κ3) is 3.71. The Hall–Kier alpha value is -2.27. The van der Waals surface area contributed by atoms with Crippen molar-refractivity contribution < 1.29 is 4.79 Å². The minimum absolute atomic E-state index is 0.155. The van der Waals surface area contributed by atoms with E-state index in [0.29, 0.717) is 0 Å². The van der Waals surface area contributed by atoms with Gasteiger partial charge in [-0.05, 0) is 56.0 Å². The summed E-state index contributed by atoms with van der Waals surface area (Å²) in [6.45, 7) is 12.6. The normalized spacial score (nSPS) is 15.4. The lowest BCUT2D eigenvalue weighted by atomic mass is 9.91. The maximum absolute atomic E-state index is 12.0. The molecular formula is C20H26N4O. The molecule has 0 saturated carbocycles. The molecule has 0 N–H and O–H groups in total. The zero-order valence-corrected chi connectivity index (χ0v) is 15.5. The van der Waals surface area contributed by atoms with Gasteiger partial charge in [0.1, 0.15) is 0 Å². The minimum Gasteiger partial charge on any atom is -0.338 e. The molecule has 5 nitrogen and oxygen atoms in total. The van der Waals surface area contributed by atoms with Crippen molar-refractivity contribution in [1.29, 1.82) is 0 Å². The monoisotopic (exact) mass is 338 g/mol. The number of piperazine rings is 1. The lowest BCUT2D eigenvalue weighted by Crippen LogP contribution is -2.46. The third-order valence-corrected chi connectivity index (χ3v) is 5.07. The molecule has 0 amide bonds. The number of hydrogen-bond donors (Lipinski definition) is 0. The van der Waals surface area contributed by atoms with Gasteiger partial charge in [-0.2, -0.15) is 0 Å². The second-order valence-corrected chi connectivity index (χ2v) is 6.86. The van der Waals surface area contributed by atoms with E-state index < -0.39 is 0 Å². The zero-order chi connectivity index (χ0) is 18.0. The summed E-state index contributed by atoms with van der Waals surface area (Å²) in [6.07, 6.45) is 3.58. The molecule has 132 valence electrons. The summed E-state index contributed by atoms with van der Waals surface area (Å²) in [6, 6.07) is 3.99. The van der Waals surface area contributed by atoms with E-state index in [1.165, 1.54) is 11.1 Å². The highest BCUT2D eigenvalue weighted by atomic mass is 16.1. The summed E-state index contributed by atoms with van der Waals surface area (Å²) in [5.74, 6) is 0.964. The second kappa shape index (κ2) is 7.31. The number of aryl methyl sites for hydroxylation is 2. The van der Waals surface area contributed by atoms with E-state index in [2.05, 4.69) is 39.7 Å². The average molecular weight is 338 g/mol. The Bertz CT molecular complexity index is 765. The SMILES string of the molecule is CC(=O)c1c(C)cc(C)c(CN2CCN(c3ncccn3)CC2)c1C. The van der Waals surface area contributed by atoms with Gasteiger partial charge >= 0.3 is 0 Å². The van der Waals surface area contributed by atoms with Gasteiger partial charge in [-0.1, -0.05) is 6.07 Å². The van der Waals surface area contributed by atoms with Crippen LogP contribution >= 0.6 is 0 Å². The fourth-order valence-electron chi connectivity index (χ4n) is 3.80. The Morgan fingerprint density at radius 2 is 1.68 bits per heavy atom. The van der Waals surface area contributed by atoms with Crippen LogP contribution in [-0.4, -0.2) is 46.8 Å². The Labute approximate surface area is 149 Å². The zero-order valence-electron chi connectivity index (χ0n) is 15.5. The van der Waals surface area contributed by atoms with Gasteiger partial charge in [0.25, 0.3) is 0 Å². The number of hydrogen-bond acceptors (Lipinski definition) is 5. The number of rotatable bonds is 4. The number of carbonyl (C=O) groups is 1. The molecule has 1 aliphatic heterocycles. The number of nitrogens with zero attached hydrogens (tertiary/aromatic N) is 4. The molecule has 5 heteroatoms. The molecule has 1 aliphatic rings. The van der Waals surface area contributed by atoms with Gasteiger partial charge in [-0.15, -0.1) is 0 Å². The summed E-state index contributed by atoms with van der Waals surface area (Å²) in [4.78, 5) is 25.4. The molecule has 1 aromatic heterocycles. The number of aromatic nitrogens is 2. The molecule has 0 unspecified atom stereocenters. The molecule has 0 bridgehead atoms. The van der Waals surface area contributed by atoms with Crippen LogP contribution in [0, 0.1) is 20.8 Å². The Balaban J connectivity index is 1.72. The molecule has 2 aromatic rings. The number of Topliss-reactive ketones (excluding diaryl/α,β-unsaturated/α-hetero) is 1. The third-order valence-electron chi connectivity index (χ3n) is 5.07. The van der Waals surface area contributed by atoms with Gasteiger partial charge in [-0.25, -0.2) is 9.97 Å². The maximum Gasteiger partial charge on any atom is 0.225 e. The molecule has 0 aliphatic carbocycles. The lowest BCUT2D eigenvalue weighted by Gasteiger charge is -2.35. The average Bonchev–Trinajstić information content (AvgIpc) is 2.59. The minimum atomic E-state index is 0.155. The van der Waals surface area contributed by atoms with Crippen molar-refractivity contribution in [2.75, 3.05) is 31.1 Å². The van der Waals surface area contributed by atoms with Crippen LogP contribution in [0.4, 0.5) is 5.95 Å². The fraction of sp³-hybridized carbons (Fsp3) is 0.450. The molecule has 25 heavy (non-hydrogen) atoms. The predicted molar refractivity (Wildman–Crippen MR) is 100 cm³/mol. The fourth-order valence-corrected chi connectivity index (χ4v) is 3.80. The van der Waals surface area contributed by atoms with Gasteiger partial charge in [0.2, 0.25) is 5.95 Å². The summed E-state index contributed by atoms with van der Waals surface area (Å²) in [5, 5.41) is 0. The van der Waals surface area contributed by atoms with Crippen molar-refractivity contribution in [3.63, 3.8) is 0 Å². The van der Waals surface area contributed by atoms with Crippen molar-refractivity contribution in [1.82, 2.24) is 14.9 Å². The van der Waals surface area contributed by atoms with Crippen molar-refractivity contribution in [3.8, 4) is 0 Å². The molecule has 0 spiro atoms. The van der Waals surface area contributed by atoms with Crippen molar-refractivity contribution in [3.05, 3.63) is 52.3 Å². The topological polar surface area (TPSA) is 49.3 Å². The molecule has 1 saturated heterocycles. The Kier molecular flexibility index (Phi) is 5.13. The number of anilines is 1. The summed E-state index contributed by atoms with van der Waals surface area (Å²) >= 11 is 0. The highest BCUT2D eigenvalue weighted by molar-refractivity contribution is 5.97. The van der Waals surface area contributed by atoms with E-state index in [9.17, 15) is 4.79 Å². The summed E-state index contributed by atoms with van der Waals surface area (Å²) < 4.78 is 0. The van der Waals surface area contributed by atoms with Gasteiger partial charge in [0, 0.05) is 50.7 Å². The van der Waals surface area contributed by atoms with Crippen molar-refractivity contribution in [2.24, 2.45) is 0 Å². The molecular weight excluding hydrogens is 312 g/mol. The number of ketones is 1. The predicted octanol–water partition coefficient (Wildman–Crippen LogP) is 2.93. The first-order valence-corrected chi connectivity index (χ1v) is 8.82. The molecule has 2 heterocycles.